The molecular formula is C29H25NO6. The summed E-state index contributed by atoms with van der Waals surface area (Å²) in [5.74, 6) is -0.433. The molecule has 1 aliphatic carbocycles. The van der Waals surface area contributed by atoms with Gasteiger partial charge in [0.15, 0.2) is 6.04 Å². The van der Waals surface area contributed by atoms with Crippen LogP contribution < -0.4 is 15.7 Å². The Hall–Kier alpha value is -4.39. The maximum atomic E-state index is 13.3. The maximum absolute atomic E-state index is 13.3. The lowest BCUT2D eigenvalue weighted by molar-refractivity contribution is -0.136. The quantitative estimate of drug-likeness (QED) is 0.231. The summed E-state index contributed by atoms with van der Waals surface area (Å²) in [5.41, 5.74) is 3.73. The smallest absolute Gasteiger partial charge is 0.408 e. The number of ether oxygens (including phenoxy) is 2. The van der Waals surface area contributed by atoms with Gasteiger partial charge in [-0.2, -0.15) is 0 Å². The van der Waals surface area contributed by atoms with Gasteiger partial charge in [0.2, 0.25) is 0 Å². The summed E-state index contributed by atoms with van der Waals surface area (Å²) in [6.07, 6.45) is 1.70. The van der Waals surface area contributed by atoms with Crippen LogP contribution >= 0.6 is 0 Å². The lowest BCUT2D eigenvalue weighted by Gasteiger charge is -2.19. The number of alkyl carbamates (subject to hydrolysis) is 1. The number of fused-ring (bicyclic) bond motifs is 3. The highest BCUT2D eigenvalue weighted by atomic mass is 16.6. The van der Waals surface area contributed by atoms with Crippen molar-refractivity contribution in [3.63, 3.8) is 0 Å². The first kappa shape index (κ1) is 23.4. The van der Waals surface area contributed by atoms with E-state index in [4.69, 9.17) is 13.9 Å². The van der Waals surface area contributed by atoms with Gasteiger partial charge in [-0.15, -0.1) is 0 Å². The zero-order valence-electron chi connectivity index (χ0n) is 19.8. The van der Waals surface area contributed by atoms with Crippen LogP contribution in [-0.2, 0) is 29.0 Å². The van der Waals surface area contributed by atoms with Crippen LogP contribution in [0.5, 0.6) is 5.75 Å². The van der Waals surface area contributed by atoms with Gasteiger partial charge in [0.1, 0.15) is 17.9 Å². The summed E-state index contributed by atoms with van der Waals surface area (Å²) in [5, 5.41) is 3.48. The molecule has 1 aromatic heterocycles. The van der Waals surface area contributed by atoms with Gasteiger partial charge in [-0.3, -0.25) is 0 Å². The average molecular weight is 484 g/mol. The van der Waals surface area contributed by atoms with Crippen LogP contribution in [0.4, 0.5) is 4.79 Å². The number of rotatable bonds is 6. The molecule has 0 radical (unpaired) electrons. The molecule has 7 nitrogen and oxygen atoms in total. The summed E-state index contributed by atoms with van der Waals surface area (Å²) < 4.78 is 16.6. The topological polar surface area (TPSA) is 94.8 Å². The molecular weight excluding hydrogens is 458 g/mol. The zero-order chi connectivity index (χ0) is 25.1. The van der Waals surface area contributed by atoms with Crippen molar-refractivity contribution in [3.05, 3.63) is 111 Å². The van der Waals surface area contributed by atoms with E-state index in [0.717, 1.165) is 34.9 Å². The minimum Gasteiger partial charge on any atom is -0.445 e. The van der Waals surface area contributed by atoms with Crippen molar-refractivity contribution < 1.29 is 23.5 Å². The van der Waals surface area contributed by atoms with Crippen molar-refractivity contribution >= 4 is 23.0 Å². The van der Waals surface area contributed by atoms with Gasteiger partial charge < -0.3 is 19.2 Å². The number of aryl methyl sites for hydroxylation is 2. The van der Waals surface area contributed by atoms with Crippen LogP contribution in [0.15, 0.2) is 82.0 Å². The van der Waals surface area contributed by atoms with Crippen molar-refractivity contribution in [1.29, 1.82) is 0 Å². The Balaban J connectivity index is 1.38. The van der Waals surface area contributed by atoms with E-state index in [0.29, 0.717) is 23.1 Å². The Kier molecular flexibility index (Phi) is 6.54. The lowest BCUT2D eigenvalue weighted by atomic mass is 10.0. The molecule has 0 saturated heterocycles. The fourth-order valence-corrected chi connectivity index (χ4v) is 4.55. The van der Waals surface area contributed by atoms with E-state index in [1.165, 1.54) is 0 Å². The van der Waals surface area contributed by atoms with Crippen LogP contribution in [0.2, 0.25) is 0 Å². The molecule has 1 heterocycles. The summed E-state index contributed by atoms with van der Waals surface area (Å²) >= 11 is 0. The SMILES string of the molecule is Cc1c(OC(=O)C(NC(=O)OCc2ccccc2)c2ccccc2)ccc2c3c(c(=O)oc12)CCC3. The van der Waals surface area contributed by atoms with Crippen molar-refractivity contribution in [3.8, 4) is 5.75 Å². The number of nitrogens with one attached hydrogen (secondary N) is 1. The van der Waals surface area contributed by atoms with Gasteiger partial charge in [-0.25, -0.2) is 14.4 Å². The highest BCUT2D eigenvalue weighted by Gasteiger charge is 2.27. The summed E-state index contributed by atoms with van der Waals surface area (Å²) in [4.78, 5) is 38.3. The normalized spacial score (nSPS) is 13.1. The first-order valence-electron chi connectivity index (χ1n) is 11.8. The van der Waals surface area contributed by atoms with Gasteiger partial charge in [0, 0.05) is 16.5 Å². The first-order valence-corrected chi connectivity index (χ1v) is 11.8. The van der Waals surface area contributed by atoms with Crippen LogP contribution in [-0.4, -0.2) is 12.1 Å². The molecule has 3 aromatic carbocycles. The molecule has 7 heteroatoms. The fourth-order valence-electron chi connectivity index (χ4n) is 4.55. The summed E-state index contributed by atoms with van der Waals surface area (Å²) in [7, 11) is 0. The average Bonchev–Trinajstić information content (AvgIpc) is 3.40. The van der Waals surface area contributed by atoms with E-state index in [-0.39, 0.29) is 18.0 Å². The number of amides is 1. The highest BCUT2D eigenvalue weighted by molar-refractivity contribution is 5.89. The highest BCUT2D eigenvalue weighted by Crippen LogP contribution is 2.33. The van der Waals surface area contributed by atoms with E-state index < -0.39 is 18.1 Å². The molecule has 1 atom stereocenters. The molecule has 36 heavy (non-hydrogen) atoms. The predicted molar refractivity (Wildman–Crippen MR) is 134 cm³/mol. The second-order valence-corrected chi connectivity index (χ2v) is 8.74. The van der Waals surface area contributed by atoms with E-state index in [1.54, 1.807) is 37.3 Å². The Labute approximate surface area is 207 Å². The Morgan fingerprint density at radius 1 is 0.944 bits per heavy atom. The van der Waals surface area contributed by atoms with Gasteiger partial charge in [0.25, 0.3) is 0 Å². The molecule has 0 aliphatic heterocycles. The van der Waals surface area contributed by atoms with Crippen molar-refractivity contribution in [2.45, 2.75) is 38.8 Å². The number of hydrogen-bond acceptors (Lipinski definition) is 6. The van der Waals surface area contributed by atoms with E-state index in [2.05, 4.69) is 5.32 Å². The van der Waals surface area contributed by atoms with E-state index >= 15 is 0 Å². The number of carbonyl (C=O) groups is 2. The van der Waals surface area contributed by atoms with Gasteiger partial charge in [-0.1, -0.05) is 60.7 Å². The summed E-state index contributed by atoms with van der Waals surface area (Å²) in [6.45, 7) is 1.81. The fraction of sp³-hybridized carbons (Fsp3) is 0.207. The molecule has 182 valence electrons. The second-order valence-electron chi connectivity index (χ2n) is 8.74. The first-order chi connectivity index (χ1) is 17.5. The molecule has 1 aliphatic rings. The number of benzene rings is 3. The summed E-state index contributed by atoms with van der Waals surface area (Å²) in [6, 6.07) is 20.5. The molecule has 1 N–H and O–H groups in total. The monoisotopic (exact) mass is 483 g/mol. The molecule has 4 aromatic rings. The minimum absolute atomic E-state index is 0.0658. The van der Waals surface area contributed by atoms with Crippen molar-refractivity contribution in [2.24, 2.45) is 0 Å². The lowest BCUT2D eigenvalue weighted by Crippen LogP contribution is -2.36. The van der Waals surface area contributed by atoms with Crippen LogP contribution in [0.3, 0.4) is 0 Å². The second kappa shape index (κ2) is 10.1. The Morgan fingerprint density at radius 2 is 1.64 bits per heavy atom. The molecule has 1 amide bonds. The molecule has 0 spiro atoms. The van der Waals surface area contributed by atoms with Gasteiger partial charge >= 0.3 is 17.7 Å². The standard InChI is InChI=1S/C29H25NO6/c1-18-24(16-15-22-21-13-8-14-23(21)27(31)36-26(18)22)35-28(32)25(20-11-6-3-7-12-20)30-29(33)34-17-19-9-4-2-5-10-19/h2-7,9-12,15-16,25H,8,13-14,17H2,1H3,(H,30,33). The largest absolute Gasteiger partial charge is 0.445 e. The van der Waals surface area contributed by atoms with E-state index in [9.17, 15) is 14.4 Å². The third kappa shape index (κ3) is 4.73. The predicted octanol–water partition coefficient (Wildman–Crippen LogP) is 5.16. The molecule has 5 rings (SSSR count). The number of hydrogen-bond donors (Lipinski definition) is 1. The van der Waals surface area contributed by atoms with Gasteiger partial charge in [0.05, 0.1) is 0 Å². The Morgan fingerprint density at radius 3 is 2.39 bits per heavy atom. The van der Waals surface area contributed by atoms with Gasteiger partial charge in [-0.05, 0) is 55.0 Å². The number of esters is 1. The molecule has 0 fully saturated rings. The molecule has 0 saturated carbocycles. The minimum atomic E-state index is -1.10. The van der Waals surface area contributed by atoms with Crippen LogP contribution in [0, 0.1) is 6.92 Å². The maximum Gasteiger partial charge on any atom is 0.408 e. The van der Waals surface area contributed by atoms with Crippen LogP contribution in [0.1, 0.15) is 40.3 Å². The van der Waals surface area contributed by atoms with Crippen molar-refractivity contribution in [2.75, 3.05) is 0 Å². The number of carbonyl (C=O) groups excluding carboxylic acids is 2. The molecule has 1 unspecified atom stereocenters. The van der Waals surface area contributed by atoms with Crippen molar-refractivity contribution in [1.82, 2.24) is 5.32 Å². The van der Waals surface area contributed by atoms with Crippen LogP contribution in [0.25, 0.3) is 11.0 Å². The zero-order valence-corrected chi connectivity index (χ0v) is 19.8. The van der Waals surface area contributed by atoms with E-state index in [1.807, 2.05) is 42.5 Å². The third-order valence-corrected chi connectivity index (χ3v) is 6.39. The Bertz CT molecular complexity index is 1480. The molecule has 0 bridgehead atoms. The third-order valence-electron chi connectivity index (χ3n) is 6.39.